The van der Waals surface area contributed by atoms with Crippen molar-refractivity contribution in [1.82, 2.24) is 0 Å². The zero-order valence-electron chi connectivity index (χ0n) is 7.66. The van der Waals surface area contributed by atoms with E-state index >= 15 is 0 Å². The predicted octanol–water partition coefficient (Wildman–Crippen LogP) is 3.05. The highest BCUT2D eigenvalue weighted by molar-refractivity contribution is 5.85. The van der Waals surface area contributed by atoms with Crippen molar-refractivity contribution >= 4 is 12.4 Å². The Bertz CT molecular complexity index is 252. The number of hydrogen-bond acceptors (Lipinski definition) is 1. The smallest absolute Gasteiger partial charge is 0.123 e. The highest BCUT2D eigenvalue weighted by Crippen LogP contribution is 2.15. The molecule has 1 nitrogen and oxygen atoms in total. The van der Waals surface area contributed by atoms with Crippen LogP contribution in [0.25, 0.3) is 0 Å². The Morgan fingerprint density at radius 2 is 2.15 bits per heavy atom. The van der Waals surface area contributed by atoms with Gasteiger partial charge >= 0.3 is 0 Å². The normalized spacial score (nSPS) is 11.9. The van der Waals surface area contributed by atoms with E-state index in [0.717, 1.165) is 18.4 Å². The Kier molecular flexibility index (Phi) is 5.67. The minimum absolute atomic E-state index is 0. The van der Waals surface area contributed by atoms with Crippen LogP contribution in [0, 0.1) is 5.82 Å². The van der Waals surface area contributed by atoms with Crippen LogP contribution in [0.4, 0.5) is 4.39 Å². The predicted molar refractivity (Wildman–Crippen MR) is 55.5 cm³/mol. The molecular weight excluding hydrogens is 189 g/mol. The molecule has 0 heterocycles. The average Bonchev–Trinajstić information content (AvgIpc) is 2.05. The zero-order chi connectivity index (χ0) is 8.97. The molecule has 0 saturated heterocycles. The number of nitrogens with two attached hydrogens (primary N) is 1. The molecule has 0 aliphatic rings. The first-order valence-electron chi connectivity index (χ1n) is 4.25. The lowest BCUT2D eigenvalue weighted by Gasteiger charge is -2.09. The summed E-state index contributed by atoms with van der Waals surface area (Å²) in [4.78, 5) is 0. The maximum Gasteiger partial charge on any atom is 0.123 e. The molecule has 3 heteroatoms. The Morgan fingerprint density at radius 3 is 2.69 bits per heavy atom. The summed E-state index contributed by atoms with van der Waals surface area (Å²) < 4.78 is 12.7. The van der Waals surface area contributed by atoms with Crippen LogP contribution >= 0.6 is 12.4 Å². The van der Waals surface area contributed by atoms with E-state index in [1.165, 1.54) is 12.1 Å². The molecule has 0 spiro atoms. The summed E-state index contributed by atoms with van der Waals surface area (Å²) in [5, 5.41) is 0. The van der Waals surface area contributed by atoms with Crippen molar-refractivity contribution < 1.29 is 4.39 Å². The topological polar surface area (TPSA) is 26.0 Å². The Labute approximate surface area is 84.5 Å². The first-order valence-corrected chi connectivity index (χ1v) is 4.25. The second kappa shape index (κ2) is 5.95. The molecule has 74 valence electrons. The van der Waals surface area contributed by atoms with Crippen LogP contribution in [-0.4, -0.2) is 0 Å². The minimum Gasteiger partial charge on any atom is -0.324 e. The van der Waals surface area contributed by atoms with Crippen LogP contribution in [0.3, 0.4) is 0 Å². The van der Waals surface area contributed by atoms with Gasteiger partial charge in [0.2, 0.25) is 0 Å². The fourth-order valence-corrected chi connectivity index (χ4v) is 1.21. The van der Waals surface area contributed by atoms with E-state index in [0.29, 0.717) is 0 Å². The molecule has 0 fully saturated rings. The van der Waals surface area contributed by atoms with Crippen molar-refractivity contribution in [1.29, 1.82) is 0 Å². The third-order valence-corrected chi connectivity index (χ3v) is 1.88. The van der Waals surface area contributed by atoms with Crippen LogP contribution < -0.4 is 5.73 Å². The van der Waals surface area contributed by atoms with Gasteiger partial charge in [-0.2, -0.15) is 0 Å². The Hall–Kier alpha value is -0.600. The summed E-state index contributed by atoms with van der Waals surface area (Å²) in [7, 11) is 0. The molecule has 0 amide bonds. The fraction of sp³-hybridized carbons (Fsp3) is 0.400. The second-order valence-electron chi connectivity index (χ2n) is 2.95. The first-order chi connectivity index (χ1) is 5.74. The van der Waals surface area contributed by atoms with Crippen LogP contribution in [0.5, 0.6) is 0 Å². The van der Waals surface area contributed by atoms with Gasteiger partial charge in [-0.05, 0) is 24.1 Å². The molecule has 0 radical (unpaired) electrons. The van der Waals surface area contributed by atoms with Crippen LogP contribution in [-0.2, 0) is 0 Å². The maximum atomic E-state index is 12.7. The fourth-order valence-electron chi connectivity index (χ4n) is 1.21. The van der Waals surface area contributed by atoms with E-state index in [1.54, 1.807) is 6.07 Å². The van der Waals surface area contributed by atoms with Crippen LogP contribution in [0.15, 0.2) is 24.3 Å². The average molecular weight is 204 g/mol. The molecule has 0 aliphatic heterocycles. The number of benzene rings is 1. The molecule has 13 heavy (non-hydrogen) atoms. The third kappa shape index (κ3) is 3.75. The van der Waals surface area contributed by atoms with Crippen molar-refractivity contribution in [3.8, 4) is 0 Å². The largest absolute Gasteiger partial charge is 0.324 e. The van der Waals surface area contributed by atoms with Gasteiger partial charge in [0.05, 0.1) is 0 Å². The van der Waals surface area contributed by atoms with E-state index in [1.807, 2.05) is 6.07 Å². The highest BCUT2D eigenvalue weighted by Gasteiger charge is 2.04. The Morgan fingerprint density at radius 1 is 1.46 bits per heavy atom. The lowest BCUT2D eigenvalue weighted by molar-refractivity contribution is 0.605. The molecule has 0 unspecified atom stereocenters. The summed E-state index contributed by atoms with van der Waals surface area (Å²) in [5.41, 5.74) is 6.69. The molecule has 1 aromatic carbocycles. The molecule has 0 saturated carbocycles. The molecular formula is C10H15ClFN. The van der Waals surface area contributed by atoms with Gasteiger partial charge in [0.1, 0.15) is 5.82 Å². The maximum absolute atomic E-state index is 12.7. The summed E-state index contributed by atoms with van der Waals surface area (Å²) in [6.07, 6.45) is 1.93. The summed E-state index contributed by atoms with van der Waals surface area (Å²) in [6, 6.07) is 6.47. The van der Waals surface area contributed by atoms with Gasteiger partial charge in [-0.3, -0.25) is 0 Å². The minimum atomic E-state index is -0.209. The zero-order valence-corrected chi connectivity index (χ0v) is 8.48. The quantitative estimate of drug-likeness (QED) is 0.803. The number of hydrogen-bond donors (Lipinski definition) is 1. The molecule has 1 rings (SSSR count). The molecule has 0 bridgehead atoms. The number of halogens is 2. The van der Waals surface area contributed by atoms with Gasteiger partial charge in [-0.25, -0.2) is 4.39 Å². The monoisotopic (exact) mass is 203 g/mol. The molecule has 1 atom stereocenters. The summed E-state index contributed by atoms with van der Waals surface area (Å²) in [6.45, 7) is 2.07. The second-order valence-corrected chi connectivity index (χ2v) is 2.95. The molecule has 0 aliphatic carbocycles. The van der Waals surface area contributed by atoms with Gasteiger partial charge in [0.25, 0.3) is 0 Å². The van der Waals surface area contributed by atoms with E-state index in [-0.39, 0.29) is 24.3 Å². The summed E-state index contributed by atoms with van der Waals surface area (Å²) in [5.74, 6) is -0.209. The van der Waals surface area contributed by atoms with Crippen molar-refractivity contribution in [2.75, 3.05) is 0 Å². The third-order valence-electron chi connectivity index (χ3n) is 1.88. The van der Waals surface area contributed by atoms with E-state index in [4.69, 9.17) is 5.73 Å². The molecule has 1 aromatic rings. The molecule has 2 N–H and O–H groups in total. The molecule has 0 aromatic heterocycles. The van der Waals surface area contributed by atoms with Crippen molar-refractivity contribution in [3.05, 3.63) is 35.6 Å². The van der Waals surface area contributed by atoms with E-state index in [9.17, 15) is 4.39 Å². The van der Waals surface area contributed by atoms with Gasteiger partial charge in [0, 0.05) is 6.04 Å². The first kappa shape index (κ1) is 12.4. The highest BCUT2D eigenvalue weighted by atomic mass is 35.5. The lowest BCUT2D eigenvalue weighted by Crippen LogP contribution is -2.09. The Balaban J connectivity index is 0.00000144. The SMILES string of the molecule is CCC[C@@H](N)c1cccc(F)c1.Cl. The standard InChI is InChI=1S/C10H14FN.ClH/c1-2-4-10(12)8-5-3-6-9(11)7-8;/h3,5-7,10H,2,4,12H2,1H3;1H/t10-;/m1./s1. The van der Waals surface area contributed by atoms with Gasteiger partial charge in [0.15, 0.2) is 0 Å². The van der Waals surface area contributed by atoms with Crippen LogP contribution in [0.2, 0.25) is 0 Å². The van der Waals surface area contributed by atoms with Crippen molar-refractivity contribution in [2.24, 2.45) is 5.73 Å². The van der Waals surface area contributed by atoms with Crippen molar-refractivity contribution in [2.45, 2.75) is 25.8 Å². The van der Waals surface area contributed by atoms with E-state index in [2.05, 4.69) is 6.92 Å². The van der Waals surface area contributed by atoms with Crippen LogP contribution in [0.1, 0.15) is 31.4 Å². The van der Waals surface area contributed by atoms with Crippen molar-refractivity contribution in [3.63, 3.8) is 0 Å². The van der Waals surface area contributed by atoms with E-state index < -0.39 is 0 Å². The van der Waals surface area contributed by atoms with Gasteiger partial charge in [-0.1, -0.05) is 25.5 Å². The lowest BCUT2D eigenvalue weighted by atomic mass is 10.0. The van der Waals surface area contributed by atoms with Gasteiger partial charge in [-0.15, -0.1) is 12.4 Å². The van der Waals surface area contributed by atoms with Gasteiger partial charge < -0.3 is 5.73 Å². The summed E-state index contributed by atoms with van der Waals surface area (Å²) >= 11 is 0. The number of rotatable bonds is 3.